The van der Waals surface area contributed by atoms with E-state index in [2.05, 4.69) is 38.2 Å². The lowest BCUT2D eigenvalue weighted by atomic mass is 10.0. The molecular weight excluding hydrogens is 248 g/mol. The predicted octanol–water partition coefficient (Wildman–Crippen LogP) is 1.13. The van der Waals surface area contributed by atoms with Crippen molar-refractivity contribution in [2.75, 3.05) is 32.1 Å². The Hall–Kier alpha value is -0.130. The van der Waals surface area contributed by atoms with E-state index in [0.717, 1.165) is 25.8 Å². The molecule has 1 N–H and O–H groups in total. The number of rotatable bonds is 6. The average Bonchev–Trinajstić information content (AvgIpc) is 2.12. The highest BCUT2D eigenvalue weighted by atomic mass is 32.2. The molecule has 1 saturated heterocycles. The summed E-state index contributed by atoms with van der Waals surface area (Å²) in [5.41, 5.74) is 0. The Kier molecular flexibility index (Phi) is 6.08. The van der Waals surface area contributed by atoms with E-state index in [1.54, 1.807) is 0 Å². The Morgan fingerprint density at radius 1 is 1.33 bits per heavy atom. The summed E-state index contributed by atoms with van der Waals surface area (Å²) in [5, 5.41) is 3.55. The molecule has 0 aromatic heterocycles. The summed E-state index contributed by atoms with van der Waals surface area (Å²) < 4.78 is 23.3. The summed E-state index contributed by atoms with van der Waals surface area (Å²) in [4.78, 5) is 2.16. The SMILES string of the molecule is CC(C)CC(CN(C)C)NC1CCCS(=O)(=O)C1. The molecule has 1 aliphatic heterocycles. The van der Waals surface area contributed by atoms with Crippen molar-refractivity contribution in [1.82, 2.24) is 10.2 Å². The number of hydrogen-bond acceptors (Lipinski definition) is 4. The van der Waals surface area contributed by atoms with Crippen LogP contribution in [0.4, 0.5) is 0 Å². The fourth-order valence-corrected chi connectivity index (χ4v) is 4.34. The van der Waals surface area contributed by atoms with Crippen molar-refractivity contribution in [3.63, 3.8) is 0 Å². The Bertz CT molecular complexity index is 329. The van der Waals surface area contributed by atoms with E-state index in [1.807, 2.05) is 0 Å². The molecule has 5 heteroatoms. The van der Waals surface area contributed by atoms with Crippen molar-refractivity contribution < 1.29 is 8.42 Å². The largest absolute Gasteiger partial charge is 0.309 e. The van der Waals surface area contributed by atoms with Gasteiger partial charge in [-0.15, -0.1) is 0 Å². The lowest BCUT2D eigenvalue weighted by Gasteiger charge is -2.31. The van der Waals surface area contributed by atoms with E-state index in [1.165, 1.54) is 0 Å². The van der Waals surface area contributed by atoms with E-state index in [0.29, 0.717) is 23.5 Å². The molecule has 1 rings (SSSR count). The molecule has 2 atom stereocenters. The third kappa shape index (κ3) is 6.16. The molecule has 108 valence electrons. The number of hydrogen-bond donors (Lipinski definition) is 1. The second-order valence-electron chi connectivity index (χ2n) is 6.21. The highest BCUT2D eigenvalue weighted by Gasteiger charge is 2.26. The molecule has 1 aliphatic rings. The second kappa shape index (κ2) is 6.87. The Morgan fingerprint density at radius 3 is 2.50 bits per heavy atom. The maximum absolute atomic E-state index is 11.6. The van der Waals surface area contributed by atoms with Crippen LogP contribution in [0.5, 0.6) is 0 Å². The quantitative estimate of drug-likeness (QED) is 0.790. The van der Waals surface area contributed by atoms with Gasteiger partial charge in [0, 0.05) is 18.6 Å². The minimum absolute atomic E-state index is 0.146. The van der Waals surface area contributed by atoms with Gasteiger partial charge in [0.25, 0.3) is 0 Å². The molecule has 1 fully saturated rings. The monoisotopic (exact) mass is 276 g/mol. The summed E-state index contributed by atoms with van der Waals surface area (Å²) in [7, 11) is 1.31. The van der Waals surface area contributed by atoms with Crippen LogP contribution in [0.2, 0.25) is 0 Å². The molecular formula is C13H28N2O2S. The van der Waals surface area contributed by atoms with Gasteiger partial charge in [0.2, 0.25) is 0 Å². The normalized spacial score (nSPS) is 25.6. The first kappa shape index (κ1) is 15.9. The van der Waals surface area contributed by atoms with Crippen LogP contribution >= 0.6 is 0 Å². The van der Waals surface area contributed by atoms with Gasteiger partial charge < -0.3 is 10.2 Å². The number of likely N-dealkylation sites (N-methyl/N-ethyl adjacent to an activating group) is 1. The molecule has 0 bridgehead atoms. The predicted molar refractivity (Wildman–Crippen MR) is 76.6 cm³/mol. The lowest BCUT2D eigenvalue weighted by Crippen LogP contribution is -2.49. The Balaban J connectivity index is 2.53. The summed E-state index contributed by atoms with van der Waals surface area (Å²) in [6, 6.07) is 0.533. The number of nitrogens with zero attached hydrogens (tertiary/aromatic N) is 1. The molecule has 4 nitrogen and oxygen atoms in total. The van der Waals surface area contributed by atoms with E-state index < -0.39 is 9.84 Å². The molecule has 0 spiro atoms. The van der Waals surface area contributed by atoms with Gasteiger partial charge >= 0.3 is 0 Å². The van der Waals surface area contributed by atoms with Crippen LogP contribution in [0, 0.1) is 5.92 Å². The van der Waals surface area contributed by atoms with Crippen molar-refractivity contribution in [2.45, 2.75) is 45.2 Å². The van der Waals surface area contributed by atoms with Gasteiger partial charge in [-0.2, -0.15) is 0 Å². The maximum Gasteiger partial charge on any atom is 0.151 e. The van der Waals surface area contributed by atoms with Crippen LogP contribution < -0.4 is 5.32 Å². The van der Waals surface area contributed by atoms with Crippen molar-refractivity contribution in [3.8, 4) is 0 Å². The van der Waals surface area contributed by atoms with E-state index >= 15 is 0 Å². The van der Waals surface area contributed by atoms with Crippen LogP contribution in [0.25, 0.3) is 0 Å². The lowest BCUT2D eigenvalue weighted by molar-refractivity contribution is 0.284. The van der Waals surface area contributed by atoms with Crippen LogP contribution in [0.15, 0.2) is 0 Å². The third-order valence-electron chi connectivity index (χ3n) is 3.28. The molecule has 0 radical (unpaired) electrons. The molecule has 0 aromatic rings. The van der Waals surface area contributed by atoms with Crippen molar-refractivity contribution in [2.24, 2.45) is 5.92 Å². The topological polar surface area (TPSA) is 49.4 Å². The van der Waals surface area contributed by atoms with E-state index in [-0.39, 0.29) is 6.04 Å². The van der Waals surface area contributed by atoms with Gasteiger partial charge in [0.1, 0.15) is 0 Å². The van der Waals surface area contributed by atoms with Crippen molar-refractivity contribution in [3.05, 3.63) is 0 Å². The van der Waals surface area contributed by atoms with Gasteiger partial charge in [-0.1, -0.05) is 13.8 Å². The number of nitrogens with one attached hydrogen (secondary N) is 1. The molecule has 0 aromatic carbocycles. The van der Waals surface area contributed by atoms with Crippen molar-refractivity contribution in [1.29, 1.82) is 0 Å². The minimum atomic E-state index is -2.81. The summed E-state index contributed by atoms with van der Waals surface area (Å²) in [6.45, 7) is 5.39. The van der Waals surface area contributed by atoms with Gasteiger partial charge in [-0.3, -0.25) is 0 Å². The van der Waals surface area contributed by atoms with Crippen LogP contribution in [-0.4, -0.2) is 57.5 Å². The van der Waals surface area contributed by atoms with Crippen molar-refractivity contribution >= 4 is 9.84 Å². The highest BCUT2D eigenvalue weighted by molar-refractivity contribution is 7.91. The van der Waals surface area contributed by atoms with Gasteiger partial charge in [0.15, 0.2) is 9.84 Å². The fourth-order valence-electron chi connectivity index (χ4n) is 2.69. The Labute approximate surface area is 112 Å². The van der Waals surface area contributed by atoms with Crippen LogP contribution in [0.1, 0.15) is 33.1 Å². The van der Waals surface area contributed by atoms with Crippen LogP contribution in [-0.2, 0) is 9.84 Å². The molecule has 0 amide bonds. The Morgan fingerprint density at radius 2 is 2.00 bits per heavy atom. The van der Waals surface area contributed by atoms with Gasteiger partial charge in [-0.05, 0) is 39.3 Å². The summed E-state index contributed by atoms with van der Waals surface area (Å²) in [6.07, 6.45) is 2.88. The zero-order chi connectivity index (χ0) is 13.8. The molecule has 1 heterocycles. The molecule has 2 unspecified atom stereocenters. The highest BCUT2D eigenvalue weighted by Crippen LogP contribution is 2.14. The third-order valence-corrected chi connectivity index (χ3v) is 5.10. The fraction of sp³-hybridized carbons (Fsp3) is 1.00. The molecule has 0 saturated carbocycles. The second-order valence-corrected chi connectivity index (χ2v) is 8.44. The van der Waals surface area contributed by atoms with Gasteiger partial charge in [0.05, 0.1) is 11.5 Å². The standard InChI is InChI=1S/C13H28N2O2S/c1-11(2)8-13(9-15(3)4)14-12-6-5-7-18(16,17)10-12/h11-14H,5-10H2,1-4H3. The van der Waals surface area contributed by atoms with E-state index in [4.69, 9.17) is 0 Å². The minimum Gasteiger partial charge on any atom is -0.309 e. The maximum atomic E-state index is 11.6. The first-order valence-electron chi connectivity index (χ1n) is 6.89. The zero-order valence-corrected chi connectivity index (χ0v) is 13.0. The molecule has 0 aliphatic carbocycles. The summed E-state index contributed by atoms with van der Waals surface area (Å²) >= 11 is 0. The smallest absolute Gasteiger partial charge is 0.151 e. The zero-order valence-electron chi connectivity index (χ0n) is 12.1. The van der Waals surface area contributed by atoms with Gasteiger partial charge in [-0.25, -0.2) is 8.42 Å². The first-order chi connectivity index (χ1) is 8.28. The molecule has 18 heavy (non-hydrogen) atoms. The van der Waals surface area contributed by atoms with Crippen LogP contribution in [0.3, 0.4) is 0 Å². The number of sulfone groups is 1. The average molecular weight is 276 g/mol. The van der Waals surface area contributed by atoms with E-state index in [9.17, 15) is 8.42 Å². The summed E-state index contributed by atoms with van der Waals surface area (Å²) in [5.74, 6) is 1.31. The first-order valence-corrected chi connectivity index (χ1v) is 8.72.